The number of unbranched alkanes of at least 4 members (excludes halogenated alkanes) is 4. The lowest BCUT2D eigenvalue weighted by atomic mass is 10.1. The molecule has 0 saturated heterocycles. The third-order valence-electron chi connectivity index (χ3n) is 4.06. The Morgan fingerprint density at radius 2 is 1.29 bits per heavy atom. The van der Waals surface area contributed by atoms with Gasteiger partial charge < -0.3 is 10.6 Å². The molecule has 2 heteroatoms. The lowest BCUT2D eigenvalue weighted by Gasteiger charge is -2.14. The predicted octanol–water partition coefficient (Wildman–Crippen LogP) is 5.38. The van der Waals surface area contributed by atoms with Gasteiger partial charge in [-0.1, -0.05) is 86.8 Å². The molecule has 2 aromatic rings. The molecule has 128 valence electrons. The smallest absolute Gasteiger partial charge is 0.0950 e. The zero-order valence-corrected chi connectivity index (χ0v) is 14.8. The molecule has 0 saturated carbocycles. The van der Waals surface area contributed by atoms with Crippen LogP contribution in [0.4, 0.5) is 0 Å². The van der Waals surface area contributed by atoms with Crippen molar-refractivity contribution in [1.82, 2.24) is 10.6 Å². The van der Waals surface area contributed by atoms with E-state index in [2.05, 4.69) is 84.3 Å². The SMILES string of the molecule is CCCCCCC=C(NCc1ccccc1)NCc1ccccc1. The molecule has 2 nitrogen and oxygen atoms in total. The summed E-state index contributed by atoms with van der Waals surface area (Å²) in [5.41, 5.74) is 2.60. The first-order chi connectivity index (χ1) is 11.9. The Morgan fingerprint density at radius 1 is 0.750 bits per heavy atom. The Balaban J connectivity index is 1.86. The van der Waals surface area contributed by atoms with Gasteiger partial charge in [0.15, 0.2) is 0 Å². The van der Waals surface area contributed by atoms with Crippen molar-refractivity contribution < 1.29 is 0 Å². The summed E-state index contributed by atoms with van der Waals surface area (Å²) in [6.07, 6.45) is 8.63. The minimum absolute atomic E-state index is 0.851. The molecule has 0 aromatic heterocycles. The summed E-state index contributed by atoms with van der Waals surface area (Å²) in [5, 5.41) is 7.09. The van der Waals surface area contributed by atoms with E-state index in [4.69, 9.17) is 0 Å². The molecule has 2 rings (SSSR count). The fraction of sp³-hybridized carbons (Fsp3) is 0.364. The van der Waals surface area contributed by atoms with Gasteiger partial charge in [0.1, 0.15) is 0 Å². The molecule has 0 unspecified atom stereocenters. The topological polar surface area (TPSA) is 24.1 Å². The van der Waals surface area contributed by atoms with Crippen LogP contribution < -0.4 is 10.6 Å². The molecular formula is C22H30N2. The standard InChI is InChI=1S/C22H30N2/c1-2-3-4-5-12-17-22(23-18-20-13-8-6-9-14-20)24-19-21-15-10-7-11-16-21/h6-11,13-17,23-24H,2-5,12,18-19H2,1H3. The van der Waals surface area contributed by atoms with Gasteiger partial charge >= 0.3 is 0 Å². The number of hydrogen-bond acceptors (Lipinski definition) is 2. The Kier molecular flexibility index (Phi) is 8.56. The fourth-order valence-corrected chi connectivity index (χ4v) is 2.61. The highest BCUT2D eigenvalue weighted by Crippen LogP contribution is 2.06. The number of hydrogen-bond donors (Lipinski definition) is 2. The highest BCUT2D eigenvalue weighted by Gasteiger charge is 1.98. The molecule has 24 heavy (non-hydrogen) atoms. The molecule has 2 N–H and O–H groups in total. The highest BCUT2D eigenvalue weighted by atomic mass is 15.1. The van der Waals surface area contributed by atoms with Crippen molar-refractivity contribution >= 4 is 0 Å². The molecule has 0 amide bonds. The number of rotatable bonds is 11. The van der Waals surface area contributed by atoms with E-state index in [1.807, 2.05) is 0 Å². The predicted molar refractivity (Wildman–Crippen MR) is 103 cm³/mol. The second-order valence-corrected chi connectivity index (χ2v) is 6.15. The summed E-state index contributed by atoms with van der Waals surface area (Å²) in [5.74, 6) is 1.14. The average Bonchev–Trinajstić information content (AvgIpc) is 2.65. The fourth-order valence-electron chi connectivity index (χ4n) is 2.61. The normalized spacial score (nSPS) is 10.2. The summed E-state index contributed by atoms with van der Waals surface area (Å²) in [6, 6.07) is 21.1. The van der Waals surface area contributed by atoms with E-state index in [1.165, 1.54) is 36.8 Å². The van der Waals surface area contributed by atoms with Crippen molar-refractivity contribution in [2.24, 2.45) is 0 Å². The number of allylic oxidation sites excluding steroid dienone is 1. The molecule has 0 heterocycles. The lowest BCUT2D eigenvalue weighted by Crippen LogP contribution is -2.25. The van der Waals surface area contributed by atoms with Gasteiger partial charge in [0, 0.05) is 13.1 Å². The first kappa shape index (κ1) is 18.1. The highest BCUT2D eigenvalue weighted by molar-refractivity contribution is 5.17. The maximum absolute atomic E-state index is 3.55. The number of benzene rings is 2. The van der Waals surface area contributed by atoms with Crippen LogP contribution in [0.2, 0.25) is 0 Å². The summed E-state index contributed by atoms with van der Waals surface area (Å²) >= 11 is 0. The van der Waals surface area contributed by atoms with Gasteiger partial charge in [-0.3, -0.25) is 0 Å². The van der Waals surface area contributed by atoms with Gasteiger partial charge in [0.05, 0.1) is 5.82 Å². The Labute approximate surface area is 147 Å². The quantitative estimate of drug-likeness (QED) is 0.543. The summed E-state index contributed by atoms with van der Waals surface area (Å²) in [6.45, 7) is 3.96. The van der Waals surface area contributed by atoms with Crippen molar-refractivity contribution in [3.63, 3.8) is 0 Å². The molecule has 0 aliphatic carbocycles. The Morgan fingerprint density at radius 3 is 1.79 bits per heavy atom. The third kappa shape index (κ3) is 7.36. The van der Waals surface area contributed by atoms with Gasteiger partial charge in [-0.25, -0.2) is 0 Å². The van der Waals surface area contributed by atoms with Gasteiger partial charge in [0.2, 0.25) is 0 Å². The van der Waals surface area contributed by atoms with E-state index in [1.54, 1.807) is 0 Å². The second-order valence-electron chi connectivity index (χ2n) is 6.15. The van der Waals surface area contributed by atoms with Crippen LogP contribution in [-0.2, 0) is 13.1 Å². The van der Waals surface area contributed by atoms with Gasteiger partial charge in [-0.05, 0) is 30.0 Å². The molecule has 0 aliphatic rings. The molecular weight excluding hydrogens is 292 g/mol. The zero-order valence-electron chi connectivity index (χ0n) is 14.8. The lowest BCUT2D eigenvalue weighted by molar-refractivity contribution is 0.648. The van der Waals surface area contributed by atoms with E-state index >= 15 is 0 Å². The third-order valence-corrected chi connectivity index (χ3v) is 4.06. The van der Waals surface area contributed by atoms with Crippen LogP contribution in [0.5, 0.6) is 0 Å². The molecule has 0 aliphatic heterocycles. The van der Waals surface area contributed by atoms with E-state index in [9.17, 15) is 0 Å². The van der Waals surface area contributed by atoms with Crippen molar-refractivity contribution in [3.05, 3.63) is 83.7 Å². The van der Waals surface area contributed by atoms with E-state index in [0.29, 0.717) is 0 Å². The molecule has 0 fully saturated rings. The van der Waals surface area contributed by atoms with E-state index in [0.717, 1.165) is 25.3 Å². The minimum Gasteiger partial charge on any atom is -0.368 e. The second kappa shape index (κ2) is 11.3. The Bertz CT molecular complexity index is 530. The molecule has 2 aromatic carbocycles. The Hall–Kier alpha value is -2.22. The van der Waals surface area contributed by atoms with Crippen LogP contribution in [0.3, 0.4) is 0 Å². The molecule has 0 bridgehead atoms. The maximum atomic E-state index is 3.55. The zero-order chi connectivity index (χ0) is 16.9. The first-order valence-electron chi connectivity index (χ1n) is 9.14. The van der Waals surface area contributed by atoms with Gasteiger partial charge in [-0.15, -0.1) is 0 Å². The van der Waals surface area contributed by atoms with Crippen LogP contribution in [0, 0.1) is 0 Å². The van der Waals surface area contributed by atoms with Crippen LogP contribution in [0.25, 0.3) is 0 Å². The van der Waals surface area contributed by atoms with Crippen LogP contribution in [0.1, 0.15) is 50.2 Å². The minimum atomic E-state index is 0.851. The molecule has 0 spiro atoms. The van der Waals surface area contributed by atoms with E-state index < -0.39 is 0 Å². The average molecular weight is 322 g/mol. The van der Waals surface area contributed by atoms with E-state index in [-0.39, 0.29) is 0 Å². The van der Waals surface area contributed by atoms with Crippen molar-refractivity contribution in [1.29, 1.82) is 0 Å². The van der Waals surface area contributed by atoms with Crippen molar-refractivity contribution in [3.8, 4) is 0 Å². The van der Waals surface area contributed by atoms with Gasteiger partial charge in [-0.2, -0.15) is 0 Å². The monoisotopic (exact) mass is 322 g/mol. The first-order valence-corrected chi connectivity index (χ1v) is 9.14. The van der Waals surface area contributed by atoms with Crippen molar-refractivity contribution in [2.75, 3.05) is 0 Å². The number of nitrogens with one attached hydrogen (secondary N) is 2. The largest absolute Gasteiger partial charge is 0.368 e. The van der Waals surface area contributed by atoms with Crippen molar-refractivity contribution in [2.45, 2.75) is 52.1 Å². The summed E-state index contributed by atoms with van der Waals surface area (Å²) in [4.78, 5) is 0. The van der Waals surface area contributed by atoms with Gasteiger partial charge in [0.25, 0.3) is 0 Å². The summed E-state index contributed by atoms with van der Waals surface area (Å²) in [7, 11) is 0. The maximum Gasteiger partial charge on any atom is 0.0950 e. The summed E-state index contributed by atoms with van der Waals surface area (Å²) < 4.78 is 0. The van der Waals surface area contributed by atoms with Crippen LogP contribution >= 0.6 is 0 Å². The van der Waals surface area contributed by atoms with Crippen LogP contribution in [0.15, 0.2) is 72.6 Å². The van der Waals surface area contributed by atoms with Crippen LogP contribution in [-0.4, -0.2) is 0 Å². The molecule has 0 atom stereocenters. The molecule has 0 radical (unpaired) electrons.